The average molecular weight is 374 g/mol. The van der Waals surface area contributed by atoms with Crippen LogP contribution in [0.4, 0.5) is 5.69 Å². The molecule has 0 bridgehead atoms. The fraction of sp³-hybridized carbons (Fsp3) is 0.111. The molecule has 0 amide bonds. The minimum absolute atomic E-state index is 0.467. The zero-order valence-corrected chi connectivity index (χ0v) is 15.2. The lowest BCUT2D eigenvalue weighted by Gasteiger charge is -2.07. The normalized spacial score (nSPS) is 11.3. The highest BCUT2D eigenvalue weighted by molar-refractivity contribution is 7.09. The first-order valence-corrected chi connectivity index (χ1v) is 9.14. The number of pyridine rings is 2. The second-order valence-electron chi connectivity index (χ2n) is 6.02. The van der Waals surface area contributed by atoms with Crippen LogP contribution in [0.1, 0.15) is 11.5 Å². The van der Waals surface area contributed by atoms with Gasteiger partial charge in [-0.3, -0.25) is 9.97 Å². The van der Waals surface area contributed by atoms with Gasteiger partial charge in [-0.05, 0) is 54.9 Å². The SMILES string of the molecule is Cc1cc(-c2ccc3nnc(CNc4ccnc5cccnc45)n3n2)sn1. The first-order valence-electron chi connectivity index (χ1n) is 8.36. The van der Waals surface area contributed by atoms with Gasteiger partial charge in [0, 0.05) is 12.4 Å². The van der Waals surface area contributed by atoms with Crippen LogP contribution in [-0.2, 0) is 6.54 Å². The van der Waals surface area contributed by atoms with Crippen molar-refractivity contribution in [3.63, 3.8) is 0 Å². The van der Waals surface area contributed by atoms with E-state index in [4.69, 9.17) is 0 Å². The summed E-state index contributed by atoms with van der Waals surface area (Å²) < 4.78 is 6.08. The molecule has 0 unspecified atom stereocenters. The first kappa shape index (κ1) is 15.8. The minimum atomic E-state index is 0.467. The second-order valence-corrected chi connectivity index (χ2v) is 6.83. The molecule has 0 aromatic carbocycles. The van der Waals surface area contributed by atoms with Crippen molar-refractivity contribution in [3.05, 3.63) is 60.3 Å². The Morgan fingerprint density at radius 2 is 2.04 bits per heavy atom. The fourth-order valence-electron chi connectivity index (χ4n) is 2.86. The largest absolute Gasteiger partial charge is 0.376 e. The van der Waals surface area contributed by atoms with Crippen LogP contribution in [0.3, 0.4) is 0 Å². The molecule has 5 heterocycles. The first-order chi connectivity index (χ1) is 13.3. The van der Waals surface area contributed by atoms with Crippen molar-refractivity contribution in [1.82, 2.24) is 34.2 Å². The number of rotatable bonds is 4. The van der Waals surface area contributed by atoms with Gasteiger partial charge in [0.1, 0.15) is 11.2 Å². The van der Waals surface area contributed by atoms with Crippen LogP contribution in [0, 0.1) is 6.92 Å². The predicted molar refractivity (Wildman–Crippen MR) is 103 cm³/mol. The number of nitrogens with zero attached hydrogens (tertiary/aromatic N) is 7. The zero-order chi connectivity index (χ0) is 18.2. The van der Waals surface area contributed by atoms with E-state index in [0.29, 0.717) is 18.0 Å². The summed E-state index contributed by atoms with van der Waals surface area (Å²) in [6.07, 6.45) is 3.52. The van der Waals surface area contributed by atoms with E-state index in [1.165, 1.54) is 11.5 Å². The highest BCUT2D eigenvalue weighted by Crippen LogP contribution is 2.23. The molecule has 0 saturated carbocycles. The summed E-state index contributed by atoms with van der Waals surface area (Å²) in [5.74, 6) is 0.717. The Labute approximate surface area is 158 Å². The second kappa shape index (κ2) is 6.36. The number of fused-ring (bicyclic) bond motifs is 2. The Balaban J connectivity index is 1.48. The van der Waals surface area contributed by atoms with Crippen LogP contribution in [0.25, 0.3) is 27.3 Å². The summed E-state index contributed by atoms with van der Waals surface area (Å²) >= 11 is 1.43. The lowest BCUT2D eigenvalue weighted by atomic mass is 10.3. The molecule has 5 aromatic heterocycles. The molecular formula is C18H14N8S. The topological polar surface area (TPSA) is 93.8 Å². The smallest absolute Gasteiger partial charge is 0.178 e. The number of aryl methyl sites for hydroxylation is 1. The van der Waals surface area contributed by atoms with Gasteiger partial charge >= 0.3 is 0 Å². The monoisotopic (exact) mass is 374 g/mol. The van der Waals surface area contributed by atoms with Gasteiger partial charge in [-0.2, -0.15) is 14.0 Å². The third-order valence-corrected chi connectivity index (χ3v) is 5.04. The number of hydrogen-bond donors (Lipinski definition) is 1. The summed E-state index contributed by atoms with van der Waals surface area (Å²) in [6.45, 7) is 2.44. The summed E-state index contributed by atoms with van der Waals surface area (Å²) in [5, 5.41) is 16.5. The van der Waals surface area contributed by atoms with Gasteiger partial charge in [0.2, 0.25) is 0 Å². The molecule has 0 aliphatic heterocycles. The van der Waals surface area contributed by atoms with Crippen LogP contribution in [-0.4, -0.2) is 34.2 Å². The highest BCUT2D eigenvalue weighted by atomic mass is 32.1. The third kappa shape index (κ3) is 2.87. The molecule has 0 saturated heterocycles. The number of aromatic nitrogens is 7. The van der Waals surface area contributed by atoms with E-state index in [-0.39, 0.29) is 0 Å². The molecular weight excluding hydrogens is 360 g/mol. The maximum absolute atomic E-state index is 4.69. The van der Waals surface area contributed by atoms with Crippen molar-refractivity contribution in [2.45, 2.75) is 13.5 Å². The van der Waals surface area contributed by atoms with Gasteiger partial charge < -0.3 is 5.32 Å². The maximum Gasteiger partial charge on any atom is 0.178 e. The van der Waals surface area contributed by atoms with Gasteiger partial charge in [0.15, 0.2) is 11.5 Å². The molecule has 0 fully saturated rings. The lowest BCUT2D eigenvalue weighted by molar-refractivity contribution is 0.833. The Kier molecular flexibility index (Phi) is 3.72. The van der Waals surface area contributed by atoms with Crippen molar-refractivity contribution in [2.24, 2.45) is 0 Å². The summed E-state index contributed by atoms with van der Waals surface area (Å²) in [5.41, 5.74) is 5.10. The Bertz CT molecular complexity index is 1250. The maximum atomic E-state index is 4.69. The Morgan fingerprint density at radius 3 is 2.93 bits per heavy atom. The van der Waals surface area contributed by atoms with E-state index in [1.54, 1.807) is 16.9 Å². The molecule has 0 aliphatic carbocycles. The summed E-state index contributed by atoms with van der Waals surface area (Å²) in [7, 11) is 0. The van der Waals surface area contributed by atoms with Gasteiger partial charge in [0.25, 0.3) is 0 Å². The van der Waals surface area contributed by atoms with E-state index in [2.05, 4.69) is 35.0 Å². The molecule has 9 heteroatoms. The molecule has 132 valence electrons. The Morgan fingerprint density at radius 1 is 1.07 bits per heavy atom. The van der Waals surface area contributed by atoms with E-state index < -0.39 is 0 Å². The van der Waals surface area contributed by atoms with Crippen LogP contribution >= 0.6 is 11.5 Å². The minimum Gasteiger partial charge on any atom is -0.376 e. The fourth-order valence-corrected chi connectivity index (χ4v) is 3.58. The molecule has 8 nitrogen and oxygen atoms in total. The standard InChI is InChI=1S/C18H14N8S/c1-11-9-15(27-25-11)12-4-5-16-22-23-17(26(16)24-12)10-21-14-6-8-19-13-3-2-7-20-18(13)14/h2-9H,10H2,1H3,(H,19,21). The van der Waals surface area contributed by atoms with Crippen molar-refractivity contribution in [3.8, 4) is 10.6 Å². The Hall–Kier alpha value is -3.46. The summed E-state index contributed by atoms with van der Waals surface area (Å²) in [6, 6.07) is 11.6. The van der Waals surface area contributed by atoms with Crippen molar-refractivity contribution >= 4 is 33.9 Å². The van der Waals surface area contributed by atoms with E-state index in [9.17, 15) is 0 Å². The quantitative estimate of drug-likeness (QED) is 0.516. The summed E-state index contributed by atoms with van der Waals surface area (Å²) in [4.78, 5) is 9.76. The van der Waals surface area contributed by atoms with Gasteiger partial charge in [-0.25, -0.2) is 0 Å². The average Bonchev–Trinajstić information content (AvgIpc) is 3.32. The van der Waals surface area contributed by atoms with Crippen molar-refractivity contribution < 1.29 is 0 Å². The number of anilines is 1. The van der Waals surface area contributed by atoms with Crippen LogP contribution < -0.4 is 5.32 Å². The molecule has 5 aromatic rings. The molecule has 0 radical (unpaired) electrons. The third-order valence-electron chi connectivity index (χ3n) is 4.14. The molecule has 27 heavy (non-hydrogen) atoms. The zero-order valence-electron chi connectivity index (χ0n) is 14.4. The van der Waals surface area contributed by atoms with Crippen LogP contribution in [0.2, 0.25) is 0 Å². The predicted octanol–water partition coefficient (Wildman–Crippen LogP) is 3.11. The number of nitrogens with one attached hydrogen (secondary N) is 1. The van der Waals surface area contributed by atoms with Gasteiger partial charge in [-0.1, -0.05) is 0 Å². The highest BCUT2D eigenvalue weighted by Gasteiger charge is 2.11. The van der Waals surface area contributed by atoms with E-state index in [1.807, 2.05) is 43.3 Å². The van der Waals surface area contributed by atoms with Crippen molar-refractivity contribution in [1.29, 1.82) is 0 Å². The molecule has 0 spiro atoms. The van der Waals surface area contributed by atoms with E-state index in [0.717, 1.165) is 33.0 Å². The van der Waals surface area contributed by atoms with E-state index >= 15 is 0 Å². The molecule has 0 atom stereocenters. The van der Waals surface area contributed by atoms with Crippen molar-refractivity contribution in [2.75, 3.05) is 5.32 Å². The molecule has 1 N–H and O–H groups in total. The van der Waals surface area contributed by atoms with Crippen LogP contribution in [0.5, 0.6) is 0 Å². The van der Waals surface area contributed by atoms with Gasteiger partial charge in [0.05, 0.1) is 28.3 Å². The molecule has 0 aliphatic rings. The van der Waals surface area contributed by atoms with Crippen LogP contribution in [0.15, 0.2) is 48.8 Å². The number of hydrogen-bond acceptors (Lipinski definition) is 8. The van der Waals surface area contributed by atoms with Gasteiger partial charge in [-0.15, -0.1) is 10.2 Å². The lowest BCUT2D eigenvalue weighted by Crippen LogP contribution is -2.07. The molecule has 5 rings (SSSR count).